The van der Waals surface area contributed by atoms with Gasteiger partial charge >= 0.3 is 11.2 Å². The molecule has 1 fully saturated rings. The largest absolute Gasteiger partial charge is 0.477 e. The van der Waals surface area contributed by atoms with Gasteiger partial charge in [-0.1, -0.05) is 11.8 Å². The number of aryl methyl sites for hydroxylation is 1. The van der Waals surface area contributed by atoms with Gasteiger partial charge in [-0.15, -0.1) is 16.9 Å². The highest BCUT2D eigenvalue weighted by atomic mass is 32.2. The van der Waals surface area contributed by atoms with Crippen molar-refractivity contribution >= 4 is 58.8 Å². The maximum Gasteiger partial charge on any atom is 0.352 e. The SMILES string of the molecule is CCn1nnnc1SCC1=C(C(=O)O)N2C(=O)C(NC(=O)COC(=S)OC)C2SC1. The number of thioether (sulfide) groups is 2. The van der Waals surface area contributed by atoms with Crippen molar-refractivity contribution in [2.75, 3.05) is 25.2 Å². The second-order valence-electron chi connectivity index (χ2n) is 6.02. The summed E-state index contributed by atoms with van der Waals surface area (Å²) in [5.41, 5.74) is 0.528. The lowest BCUT2D eigenvalue weighted by atomic mass is 10.0. The number of hydrogen-bond acceptors (Lipinski definition) is 11. The summed E-state index contributed by atoms with van der Waals surface area (Å²) < 4.78 is 11.1. The smallest absolute Gasteiger partial charge is 0.352 e. The maximum absolute atomic E-state index is 12.6. The molecule has 0 aliphatic carbocycles. The molecule has 0 bridgehead atoms. The minimum Gasteiger partial charge on any atom is -0.477 e. The fourth-order valence-corrected chi connectivity index (χ4v) is 5.33. The van der Waals surface area contributed by atoms with Crippen LogP contribution in [0.1, 0.15) is 6.92 Å². The Kier molecular flexibility index (Phi) is 7.14. The van der Waals surface area contributed by atoms with E-state index in [2.05, 4.69) is 37.8 Å². The van der Waals surface area contributed by atoms with E-state index in [0.717, 1.165) is 0 Å². The Balaban J connectivity index is 1.66. The van der Waals surface area contributed by atoms with E-state index in [4.69, 9.17) is 4.74 Å². The number of hydrogen-bond donors (Lipinski definition) is 2. The summed E-state index contributed by atoms with van der Waals surface area (Å²) in [4.78, 5) is 37.6. The predicted octanol–water partition coefficient (Wildman–Crippen LogP) is -0.528. The molecule has 2 aliphatic heterocycles. The Bertz CT molecular complexity index is 905. The number of carboxylic acid groups (broad SMARTS) is 1. The molecule has 3 heterocycles. The number of thiocarbonyl (C=S) groups is 1. The lowest BCUT2D eigenvalue weighted by Gasteiger charge is -2.49. The number of aromatic nitrogens is 4. The predicted molar refractivity (Wildman–Crippen MR) is 109 cm³/mol. The van der Waals surface area contributed by atoms with Crippen molar-refractivity contribution in [2.45, 2.75) is 30.0 Å². The highest BCUT2D eigenvalue weighted by molar-refractivity contribution is 8.01. The minimum atomic E-state index is -1.20. The van der Waals surface area contributed by atoms with E-state index in [1.807, 2.05) is 6.92 Å². The molecule has 1 aromatic heterocycles. The monoisotopic (exact) mass is 474 g/mol. The molecule has 3 rings (SSSR count). The molecule has 30 heavy (non-hydrogen) atoms. The summed E-state index contributed by atoms with van der Waals surface area (Å²) in [5.74, 6) is -1.52. The van der Waals surface area contributed by atoms with Crippen LogP contribution in [0.25, 0.3) is 0 Å². The molecule has 2 amide bonds. The summed E-state index contributed by atoms with van der Waals surface area (Å²) in [6.45, 7) is 2.08. The van der Waals surface area contributed by atoms with Crippen LogP contribution in [0.2, 0.25) is 0 Å². The van der Waals surface area contributed by atoms with Gasteiger partial charge in [0.15, 0.2) is 6.61 Å². The van der Waals surface area contributed by atoms with Crippen LogP contribution in [0, 0.1) is 0 Å². The molecule has 162 valence electrons. The second-order valence-corrected chi connectivity index (χ2v) is 8.40. The van der Waals surface area contributed by atoms with Gasteiger partial charge in [0, 0.05) is 30.3 Å². The summed E-state index contributed by atoms with van der Waals surface area (Å²) in [5, 5.41) is 23.5. The lowest BCUT2D eigenvalue weighted by Crippen LogP contribution is -2.70. The Morgan fingerprint density at radius 2 is 2.23 bits per heavy atom. The van der Waals surface area contributed by atoms with Crippen molar-refractivity contribution in [3.05, 3.63) is 11.3 Å². The van der Waals surface area contributed by atoms with E-state index in [1.165, 1.54) is 35.5 Å². The second kappa shape index (κ2) is 9.61. The quantitative estimate of drug-likeness (QED) is 0.283. The summed E-state index contributed by atoms with van der Waals surface area (Å²) in [6, 6.07) is -0.835. The number of methoxy groups -OCH3 is 1. The van der Waals surface area contributed by atoms with Crippen molar-refractivity contribution in [2.24, 2.45) is 0 Å². The van der Waals surface area contributed by atoms with Crippen LogP contribution in [0.15, 0.2) is 16.4 Å². The number of carbonyl (C=O) groups excluding carboxylic acids is 2. The average molecular weight is 475 g/mol. The molecule has 0 radical (unpaired) electrons. The van der Waals surface area contributed by atoms with Crippen LogP contribution in [0.3, 0.4) is 0 Å². The molecule has 0 saturated carbocycles. The zero-order valence-electron chi connectivity index (χ0n) is 15.9. The van der Waals surface area contributed by atoms with E-state index in [0.29, 0.717) is 28.8 Å². The van der Waals surface area contributed by atoms with E-state index in [9.17, 15) is 19.5 Å². The molecule has 12 nitrogen and oxygen atoms in total. The first-order chi connectivity index (χ1) is 14.4. The van der Waals surface area contributed by atoms with Gasteiger partial charge in [-0.3, -0.25) is 14.5 Å². The van der Waals surface area contributed by atoms with Gasteiger partial charge in [0.25, 0.3) is 11.8 Å². The number of amides is 2. The van der Waals surface area contributed by atoms with Crippen molar-refractivity contribution in [1.82, 2.24) is 30.4 Å². The summed E-state index contributed by atoms with van der Waals surface area (Å²) >= 11 is 7.36. The number of aliphatic carboxylic acids is 1. The van der Waals surface area contributed by atoms with Crippen LogP contribution in [-0.4, -0.2) is 89.9 Å². The zero-order valence-corrected chi connectivity index (χ0v) is 18.4. The van der Waals surface area contributed by atoms with Crippen LogP contribution in [-0.2, 0) is 30.4 Å². The standard InChI is InChI=1S/C15H18N6O6S3/c1-3-20-14(17-18-19-20)30-6-7-5-29-12-9(11(23)21(12)10(7)13(24)25)16-8(22)4-27-15(28)26-2/h9,12H,3-6H2,1-2H3,(H,16,22)(H,24,25). The Hall–Kier alpha value is -2.39. The number of carboxylic acids is 1. The highest BCUT2D eigenvalue weighted by Crippen LogP contribution is 2.41. The lowest BCUT2D eigenvalue weighted by molar-refractivity contribution is -0.151. The Morgan fingerprint density at radius 1 is 1.47 bits per heavy atom. The number of carbonyl (C=O) groups is 3. The van der Waals surface area contributed by atoms with E-state index >= 15 is 0 Å². The molecule has 2 unspecified atom stereocenters. The van der Waals surface area contributed by atoms with Crippen LogP contribution < -0.4 is 5.32 Å². The number of fused-ring (bicyclic) bond motifs is 1. The summed E-state index contributed by atoms with van der Waals surface area (Å²) in [7, 11) is 1.31. The first kappa shape index (κ1) is 22.3. The van der Waals surface area contributed by atoms with Crippen molar-refractivity contribution < 1.29 is 29.0 Å². The Morgan fingerprint density at radius 3 is 2.90 bits per heavy atom. The van der Waals surface area contributed by atoms with Gasteiger partial charge in [-0.2, -0.15) is 0 Å². The van der Waals surface area contributed by atoms with Crippen LogP contribution in [0.4, 0.5) is 0 Å². The molecule has 2 aliphatic rings. The van der Waals surface area contributed by atoms with E-state index in [1.54, 1.807) is 4.68 Å². The zero-order chi connectivity index (χ0) is 21.8. The highest BCUT2D eigenvalue weighted by Gasteiger charge is 2.54. The molecule has 0 aromatic carbocycles. The van der Waals surface area contributed by atoms with Crippen LogP contribution >= 0.6 is 35.7 Å². The number of β-lactam (4-membered cyclic amide) rings is 1. The topological polar surface area (TPSA) is 149 Å². The molecular weight excluding hydrogens is 456 g/mol. The van der Waals surface area contributed by atoms with Gasteiger partial charge < -0.3 is 19.9 Å². The van der Waals surface area contributed by atoms with Gasteiger partial charge in [0.2, 0.25) is 5.16 Å². The minimum absolute atomic E-state index is 0.0610. The third-order valence-corrected chi connectivity index (χ3v) is 6.90. The number of nitrogens with zero attached hydrogens (tertiary/aromatic N) is 5. The van der Waals surface area contributed by atoms with Gasteiger partial charge in [-0.05, 0) is 22.9 Å². The van der Waals surface area contributed by atoms with Crippen LogP contribution in [0.5, 0.6) is 0 Å². The molecule has 1 aromatic rings. The van der Waals surface area contributed by atoms with Gasteiger partial charge in [0.1, 0.15) is 17.1 Å². The molecule has 0 spiro atoms. The van der Waals surface area contributed by atoms with Gasteiger partial charge in [0.05, 0.1) is 7.11 Å². The summed E-state index contributed by atoms with van der Waals surface area (Å²) in [6.07, 6.45) is 0. The fourth-order valence-electron chi connectivity index (χ4n) is 2.84. The third kappa shape index (κ3) is 4.52. The van der Waals surface area contributed by atoms with Crippen molar-refractivity contribution in [3.63, 3.8) is 0 Å². The van der Waals surface area contributed by atoms with E-state index in [-0.39, 0.29) is 10.9 Å². The molecule has 2 N–H and O–H groups in total. The number of tetrazole rings is 1. The first-order valence-electron chi connectivity index (χ1n) is 8.66. The molecule has 2 atom stereocenters. The number of nitrogens with one attached hydrogen (secondary N) is 1. The maximum atomic E-state index is 12.6. The Labute approximate surface area is 184 Å². The average Bonchev–Trinajstić information content (AvgIpc) is 3.20. The first-order valence-corrected chi connectivity index (χ1v) is 11.1. The normalized spacial score (nSPS) is 20.3. The molecule has 15 heteroatoms. The van der Waals surface area contributed by atoms with E-state index < -0.39 is 35.8 Å². The van der Waals surface area contributed by atoms with Crippen molar-refractivity contribution in [3.8, 4) is 0 Å². The number of ether oxygens (including phenoxy) is 2. The molecule has 1 saturated heterocycles. The molecular formula is C15H18N6O6S3. The number of rotatable bonds is 8. The fraction of sp³-hybridized carbons (Fsp3) is 0.533. The van der Waals surface area contributed by atoms with Gasteiger partial charge in [-0.25, -0.2) is 9.48 Å². The third-order valence-electron chi connectivity index (χ3n) is 4.23. The van der Waals surface area contributed by atoms with Crippen molar-refractivity contribution in [1.29, 1.82) is 0 Å².